The first-order valence-electron chi connectivity index (χ1n) is 5.66. The summed E-state index contributed by atoms with van der Waals surface area (Å²) in [6.07, 6.45) is 1.93. The van der Waals surface area contributed by atoms with Crippen molar-refractivity contribution < 1.29 is 14.6 Å². The molecule has 0 bridgehead atoms. The zero-order valence-corrected chi connectivity index (χ0v) is 13.1. The van der Waals surface area contributed by atoms with Gasteiger partial charge in [0, 0.05) is 37.4 Å². The Morgan fingerprint density at radius 2 is 2.37 bits per heavy atom. The fourth-order valence-corrected chi connectivity index (χ4v) is 1.88. The minimum Gasteiger partial charge on any atom is -0.388 e. The van der Waals surface area contributed by atoms with Crippen LogP contribution in [0.2, 0.25) is 5.15 Å². The average molecular weight is 352 g/mol. The molecule has 0 spiro atoms. The van der Waals surface area contributed by atoms with Crippen molar-refractivity contribution in [2.75, 3.05) is 20.3 Å². The number of aromatic nitrogens is 1. The van der Waals surface area contributed by atoms with Gasteiger partial charge in [-0.1, -0.05) is 11.6 Å². The van der Waals surface area contributed by atoms with Crippen molar-refractivity contribution >= 4 is 33.4 Å². The van der Waals surface area contributed by atoms with Gasteiger partial charge in [0.25, 0.3) is 5.91 Å². The third kappa shape index (κ3) is 5.44. The zero-order valence-electron chi connectivity index (χ0n) is 10.7. The van der Waals surface area contributed by atoms with E-state index in [1.807, 2.05) is 0 Å². The standard InChI is InChI=1S/C12H16BrClN2O3/c1-12(18,3-4-19-2)7-16-11(17)9-5-8(13)6-15-10(9)14/h5-6,18H,3-4,7H2,1-2H3,(H,16,17). The van der Waals surface area contributed by atoms with Gasteiger partial charge in [0.15, 0.2) is 0 Å². The van der Waals surface area contributed by atoms with Crippen molar-refractivity contribution in [2.24, 2.45) is 0 Å². The van der Waals surface area contributed by atoms with Crippen LogP contribution in [0.3, 0.4) is 0 Å². The average Bonchev–Trinajstić information content (AvgIpc) is 2.36. The Kier molecular flexibility index (Phi) is 6.19. The molecule has 7 heteroatoms. The molecule has 1 aromatic rings. The highest BCUT2D eigenvalue weighted by atomic mass is 79.9. The van der Waals surface area contributed by atoms with Crippen molar-refractivity contribution in [2.45, 2.75) is 18.9 Å². The zero-order chi connectivity index (χ0) is 14.5. The van der Waals surface area contributed by atoms with Crippen LogP contribution < -0.4 is 5.32 Å². The van der Waals surface area contributed by atoms with E-state index in [0.717, 1.165) is 0 Å². The van der Waals surface area contributed by atoms with Gasteiger partial charge in [0.1, 0.15) is 5.15 Å². The summed E-state index contributed by atoms with van der Waals surface area (Å²) in [5, 5.41) is 12.8. The number of nitrogens with zero attached hydrogens (tertiary/aromatic N) is 1. The molecule has 1 unspecified atom stereocenters. The van der Waals surface area contributed by atoms with E-state index in [1.54, 1.807) is 20.1 Å². The Morgan fingerprint density at radius 3 is 3.00 bits per heavy atom. The third-order valence-corrected chi connectivity index (χ3v) is 3.26. The second-order valence-corrected chi connectivity index (χ2v) is 5.69. The lowest BCUT2D eigenvalue weighted by molar-refractivity contribution is 0.0243. The summed E-state index contributed by atoms with van der Waals surface area (Å²) in [7, 11) is 1.56. The summed E-state index contributed by atoms with van der Waals surface area (Å²) in [6.45, 7) is 2.16. The van der Waals surface area contributed by atoms with E-state index in [1.165, 1.54) is 6.20 Å². The van der Waals surface area contributed by atoms with Crippen molar-refractivity contribution in [3.63, 3.8) is 0 Å². The predicted molar refractivity (Wildman–Crippen MR) is 76.4 cm³/mol. The maximum absolute atomic E-state index is 11.9. The lowest BCUT2D eigenvalue weighted by Crippen LogP contribution is -2.41. The van der Waals surface area contributed by atoms with E-state index in [-0.39, 0.29) is 23.2 Å². The molecular weight excluding hydrogens is 336 g/mol. The molecule has 2 N–H and O–H groups in total. The summed E-state index contributed by atoms with van der Waals surface area (Å²) in [5.74, 6) is -0.378. The molecule has 1 aromatic heterocycles. The normalized spacial score (nSPS) is 13.9. The molecule has 5 nitrogen and oxygen atoms in total. The highest BCUT2D eigenvalue weighted by molar-refractivity contribution is 9.10. The summed E-state index contributed by atoms with van der Waals surface area (Å²) in [6, 6.07) is 1.58. The molecule has 1 heterocycles. The Bertz CT molecular complexity index is 455. The lowest BCUT2D eigenvalue weighted by atomic mass is 10.0. The van der Waals surface area contributed by atoms with Gasteiger partial charge in [-0.05, 0) is 28.9 Å². The van der Waals surface area contributed by atoms with E-state index < -0.39 is 5.60 Å². The van der Waals surface area contributed by atoms with Gasteiger partial charge < -0.3 is 15.2 Å². The molecule has 0 radical (unpaired) electrons. The minimum atomic E-state index is -1.03. The van der Waals surface area contributed by atoms with Gasteiger partial charge in [-0.15, -0.1) is 0 Å². The first-order valence-corrected chi connectivity index (χ1v) is 6.83. The second kappa shape index (κ2) is 7.19. The molecule has 0 saturated carbocycles. The number of rotatable bonds is 6. The molecule has 1 rings (SSSR count). The Hall–Kier alpha value is -0.690. The van der Waals surface area contributed by atoms with E-state index in [4.69, 9.17) is 16.3 Å². The van der Waals surface area contributed by atoms with Gasteiger partial charge in [-0.2, -0.15) is 0 Å². The molecule has 1 amide bonds. The van der Waals surface area contributed by atoms with E-state index in [0.29, 0.717) is 17.5 Å². The van der Waals surface area contributed by atoms with Crippen LogP contribution in [-0.4, -0.2) is 41.9 Å². The number of nitrogens with one attached hydrogen (secondary N) is 1. The third-order valence-electron chi connectivity index (χ3n) is 2.52. The van der Waals surface area contributed by atoms with Crippen LogP contribution in [-0.2, 0) is 4.74 Å². The molecule has 0 saturated heterocycles. The van der Waals surface area contributed by atoms with Crippen molar-refractivity contribution in [3.05, 3.63) is 27.5 Å². The largest absolute Gasteiger partial charge is 0.388 e. The summed E-state index contributed by atoms with van der Waals surface area (Å²) >= 11 is 9.07. The molecule has 0 aliphatic heterocycles. The first-order chi connectivity index (χ1) is 8.85. The number of methoxy groups -OCH3 is 1. The maximum atomic E-state index is 11.9. The number of hydrogen-bond donors (Lipinski definition) is 2. The van der Waals surface area contributed by atoms with Crippen LogP contribution in [0, 0.1) is 0 Å². The predicted octanol–water partition coefficient (Wildman–Crippen LogP) is 2.01. The topological polar surface area (TPSA) is 71.5 Å². The fourth-order valence-electron chi connectivity index (χ4n) is 1.36. The maximum Gasteiger partial charge on any atom is 0.254 e. The molecule has 0 fully saturated rings. The molecule has 1 atom stereocenters. The number of ether oxygens (including phenoxy) is 1. The highest BCUT2D eigenvalue weighted by Crippen LogP contribution is 2.18. The highest BCUT2D eigenvalue weighted by Gasteiger charge is 2.22. The number of aliphatic hydroxyl groups is 1. The van der Waals surface area contributed by atoms with Crippen LogP contribution in [0.25, 0.3) is 0 Å². The summed E-state index contributed by atoms with van der Waals surface area (Å²) in [5.41, 5.74) is -0.768. The van der Waals surface area contributed by atoms with Crippen molar-refractivity contribution in [1.82, 2.24) is 10.3 Å². The summed E-state index contributed by atoms with van der Waals surface area (Å²) < 4.78 is 5.55. The van der Waals surface area contributed by atoms with Crippen molar-refractivity contribution in [3.8, 4) is 0 Å². The monoisotopic (exact) mass is 350 g/mol. The SMILES string of the molecule is COCCC(C)(O)CNC(=O)c1cc(Br)cnc1Cl. The Morgan fingerprint density at radius 1 is 1.68 bits per heavy atom. The molecule has 19 heavy (non-hydrogen) atoms. The molecule has 0 aromatic carbocycles. The first kappa shape index (κ1) is 16.4. The van der Waals surface area contributed by atoms with Gasteiger partial charge in [-0.25, -0.2) is 4.98 Å². The van der Waals surface area contributed by atoms with E-state index in [2.05, 4.69) is 26.2 Å². The minimum absolute atomic E-state index is 0.109. The van der Waals surface area contributed by atoms with Crippen LogP contribution >= 0.6 is 27.5 Å². The number of hydrogen-bond acceptors (Lipinski definition) is 4. The lowest BCUT2D eigenvalue weighted by Gasteiger charge is -2.23. The fraction of sp³-hybridized carbons (Fsp3) is 0.500. The number of carbonyl (C=O) groups excluding carboxylic acids is 1. The Labute approximate surface area is 125 Å². The Balaban J connectivity index is 2.62. The molecule has 0 aliphatic rings. The van der Waals surface area contributed by atoms with E-state index >= 15 is 0 Å². The number of pyridine rings is 1. The van der Waals surface area contributed by atoms with E-state index in [9.17, 15) is 9.90 Å². The van der Waals surface area contributed by atoms with Gasteiger partial charge in [-0.3, -0.25) is 4.79 Å². The molecule has 0 aliphatic carbocycles. The second-order valence-electron chi connectivity index (χ2n) is 4.41. The molecule has 106 valence electrons. The number of carbonyl (C=O) groups is 1. The van der Waals surface area contributed by atoms with Crippen LogP contribution in [0.4, 0.5) is 0 Å². The van der Waals surface area contributed by atoms with Gasteiger partial charge >= 0.3 is 0 Å². The van der Waals surface area contributed by atoms with Gasteiger partial charge in [0.05, 0.1) is 11.2 Å². The number of halogens is 2. The van der Waals surface area contributed by atoms with Gasteiger partial charge in [0.2, 0.25) is 0 Å². The van der Waals surface area contributed by atoms with Crippen LogP contribution in [0.15, 0.2) is 16.7 Å². The molecular formula is C12H16BrClN2O3. The summed E-state index contributed by atoms with van der Waals surface area (Å²) in [4.78, 5) is 15.8. The van der Waals surface area contributed by atoms with Crippen LogP contribution in [0.1, 0.15) is 23.7 Å². The smallest absolute Gasteiger partial charge is 0.254 e. The van der Waals surface area contributed by atoms with Crippen LogP contribution in [0.5, 0.6) is 0 Å². The quantitative estimate of drug-likeness (QED) is 0.769. The number of amides is 1. The van der Waals surface area contributed by atoms with Crippen molar-refractivity contribution in [1.29, 1.82) is 0 Å².